The molecule has 0 bridgehead atoms. The van der Waals surface area contributed by atoms with Crippen LogP contribution in [-0.4, -0.2) is 12.6 Å². The van der Waals surface area contributed by atoms with E-state index in [0.29, 0.717) is 0 Å². The van der Waals surface area contributed by atoms with Gasteiger partial charge in [0.1, 0.15) is 0 Å². The largest absolute Gasteiger partial charge is 0.384 e. The van der Waals surface area contributed by atoms with Gasteiger partial charge in [-0.1, -0.05) is 31.5 Å². The van der Waals surface area contributed by atoms with Crippen molar-refractivity contribution < 1.29 is 0 Å². The first-order valence-corrected chi connectivity index (χ1v) is 6.96. The third kappa shape index (κ3) is 2.32. The number of fused-ring (bicyclic) bond motifs is 1. The molecular formula is C15H22N2. The summed E-state index contributed by atoms with van der Waals surface area (Å²) in [5.41, 5.74) is 4.33. The maximum absolute atomic E-state index is 3.70. The molecule has 1 aromatic carbocycles. The predicted molar refractivity (Wildman–Crippen MR) is 72.3 cm³/mol. The lowest BCUT2D eigenvalue weighted by Crippen LogP contribution is -2.18. The Morgan fingerprint density at radius 3 is 3.24 bits per heavy atom. The highest BCUT2D eigenvalue weighted by Crippen LogP contribution is 2.35. The molecule has 0 aromatic heterocycles. The van der Waals surface area contributed by atoms with Gasteiger partial charge in [0.15, 0.2) is 0 Å². The van der Waals surface area contributed by atoms with Crippen molar-refractivity contribution in [2.45, 2.75) is 45.2 Å². The molecule has 1 aliphatic heterocycles. The smallest absolute Gasteiger partial charge is 0.0419 e. The van der Waals surface area contributed by atoms with Gasteiger partial charge in [-0.2, -0.15) is 0 Å². The van der Waals surface area contributed by atoms with Crippen LogP contribution in [0, 0.1) is 5.92 Å². The molecule has 0 spiro atoms. The van der Waals surface area contributed by atoms with Gasteiger partial charge in [-0.15, -0.1) is 0 Å². The molecule has 2 heteroatoms. The van der Waals surface area contributed by atoms with Crippen LogP contribution in [0.4, 0.5) is 5.69 Å². The monoisotopic (exact) mass is 230 g/mol. The van der Waals surface area contributed by atoms with E-state index < -0.39 is 0 Å². The quantitative estimate of drug-likeness (QED) is 0.812. The Kier molecular flexibility index (Phi) is 3.06. The van der Waals surface area contributed by atoms with Crippen molar-refractivity contribution in [2.75, 3.05) is 11.9 Å². The van der Waals surface area contributed by atoms with Crippen LogP contribution in [-0.2, 0) is 13.0 Å². The van der Waals surface area contributed by atoms with Crippen LogP contribution < -0.4 is 10.6 Å². The van der Waals surface area contributed by atoms with E-state index in [1.165, 1.54) is 42.5 Å². The Balaban J connectivity index is 1.58. The zero-order valence-electron chi connectivity index (χ0n) is 10.6. The van der Waals surface area contributed by atoms with Gasteiger partial charge in [-0.25, -0.2) is 0 Å². The Morgan fingerprint density at radius 2 is 2.35 bits per heavy atom. The van der Waals surface area contributed by atoms with Crippen molar-refractivity contribution >= 4 is 5.69 Å². The van der Waals surface area contributed by atoms with Gasteiger partial charge in [-0.05, 0) is 36.3 Å². The Bertz CT molecular complexity index is 400. The molecule has 0 amide bonds. The lowest BCUT2D eigenvalue weighted by molar-refractivity contribution is 0.600. The molecule has 0 radical (unpaired) electrons. The third-order valence-electron chi connectivity index (χ3n) is 4.07. The minimum atomic E-state index is 0.784. The summed E-state index contributed by atoms with van der Waals surface area (Å²) in [7, 11) is 0. The van der Waals surface area contributed by atoms with Gasteiger partial charge < -0.3 is 10.6 Å². The summed E-state index contributed by atoms with van der Waals surface area (Å²) >= 11 is 0. The molecule has 0 saturated heterocycles. The van der Waals surface area contributed by atoms with Crippen molar-refractivity contribution in [3.8, 4) is 0 Å². The van der Waals surface area contributed by atoms with Crippen LogP contribution in [0.1, 0.15) is 37.3 Å². The summed E-state index contributed by atoms with van der Waals surface area (Å²) in [6, 6.07) is 7.48. The zero-order valence-corrected chi connectivity index (χ0v) is 10.6. The molecule has 3 rings (SSSR count). The minimum absolute atomic E-state index is 0.784. The highest BCUT2D eigenvalue weighted by atomic mass is 15.0. The average Bonchev–Trinajstić information content (AvgIpc) is 2.90. The van der Waals surface area contributed by atoms with Crippen molar-refractivity contribution in [3.05, 3.63) is 29.3 Å². The second-order valence-corrected chi connectivity index (χ2v) is 5.40. The molecule has 2 atom stereocenters. The zero-order chi connectivity index (χ0) is 11.7. The SMILES string of the molecule is CCCC1CC1NCc1cccc2c1NCC2. The van der Waals surface area contributed by atoms with Gasteiger partial charge in [0.2, 0.25) is 0 Å². The molecule has 92 valence electrons. The van der Waals surface area contributed by atoms with Crippen LogP contribution in [0.2, 0.25) is 0 Å². The highest BCUT2D eigenvalue weighted by molar-refractivity contribution is 5.61. The molecule has 1 heterocycles. The maximum Gasteiger partial charge on any atom is 0.0419 e. The molecular weight excluding hydrogens is 208 g/mol. The fourth-order valence-electron chi connectivity index (χ4n) is 2.99. The van der Waals surface area contributed by atoms with Gasteiger partial charge in [-0.3, -0.25) is 0 Å². The summed E-state index contributed by atoms with van der Waals surface area (Å²) < 4.78 is 0. The maximum atomic E-state index is 3.70. The lowest BCUT2D eigenvalue weighted by Gasteiger charge is -2.10. The Hall–Kier alpha value is -1.02. The summed E-state index contributed by atoms with van der Waals surface area (Å²) in [6.45, 7) is 4.42. The molecule has 2 nitrogen and oxygen atoms in total. The summed E-state index contributed by atoms with van der Waals surface area (Å²) in [4.78, 5) is 0. The average molecular weight is 230 g/mol. The first-order chi connectivity index (χ1) is 8.38. The van der Waals surface area contributed by atoms with E-state index in [0.717, 1.165) is 25.0 Å². The number of benzene rings is 1. The predicted octanol–water partition coefficient (Wildman–Crippen LogP) is 2.93. The van der Waals surface area contributed by atoms with Crippen LogP contribution >= 0.6 is 0 Å². The van der Waals surface area contributed by atoms with Crippen LogP contribution in [0.25, 0.3) is 0 Å². The van der Waals surface area contributed by atoms with Crippen molar-refractivity contribution in [3.63, 3.8) is 0 Å². The van der Waals surface area contributed by atoms with Crippen LogP contribution in [0.5, 0.6) is 0 Å². The van der Waals surface area contributed by atoms with Gasteiger partial charge in [0.25, 0.3) is 0 Å². The first kappa shape index (κ1) is 11.1. The molecule has 17 heavy (non-hydrogen) atoms. The molecule has 1 saturated carbocycles. The molecule has 2 unspecified atom stereocenters. The van der Waals surface area contributed by atoms with E-state index in [1.807, 2.05) is 0 Å². The number of hydrogen-bond acceptors (Lipinski definition) is 2. The van der Waals surface area contributed by atoms with Crippen molar-refractivity contribution in [1.29, 1.82) is 0 Å². The van der Waals surface area contributed by atoms with Gasteiger partial charge in [0, 0.05) is 24.8 Å². The van der Waals surface area contributed by atoms with Crippen molar-refractivity contribution in [2.24, 2.45) is 5.92 Å². The fraction of sp³-hybridized carbons (Fsp3) is 0.600. The number of hydrogen-bond donors (Lipinski definition) is 2. The number of anilines is 1. The van der Waals surface area contributed by atoms with E-state index in [9.17, 15) is 0 Å². The van der Waals surface area contributed by atoms with E-state index in [-0.39, 0.29) is 0 Å². The number of rotatable bonds is 5. The van der Waals surface area contributed by atoms with Gasteiger partial charge >= 0.3 is 0 Å². The van der Waals surface area contributed by atoms with E-state index in [4.69, 9.17) is 0 Å². The fourth-order valence-corrected chi connectivity index (χ4v) is 2.99. The lowest BCUT2D eigenvalue weighted by atomic mass is 10.1. The van der Waals surface area contributed by atoms with Crippen LogP contribution in [0.3, 0.4) is 0 Å². The second kappa shape index (κ2) is 4.69. The number of para-hydroxylation sites is 1. The Morgan fingerprint density at radius 1 is 1.41 bits per heavy atom. The first-order valence-electron chi connectivity index (χ1n) is 6.96. The highest BCUT2D eigenvalue weighted by Gasteiger charge is 2.35. The normalized spacial score (nSPS) is 25.5. The molecule has 2 aliphatic rings. The molecule has 2 N–H and O–H groups in total. The topological polar surface area (TPSA) is 24.1 Å². The summed E-state index contributed by atoms with van der Waals surface area (Å²) in [6.07, 6.45) is 5.29. The number of nitrogens with one attached hydrogen (secondary N) is 2. The van der Waals surface area contributed by atoms with E-state index in [2.05, 4.69) is 35.8 Å². The minimum Gasteiger partial charge on any atom is -0.384 e. The van der Waals surface area contributed by atoms with Gasteiger partial charge in [0.05, 0.1) is 0 Å². The molecule has 1 aliphatic carbocycles. The molecule has 1 fully saturated rings. The van der Waals surface area contributed by atoms with E-state index in [1.54, 1.807) is 0 Å². The molecule has 1 aromatic rings. The van der Waals surface area contributed by atoms with E-state index >= 15 is 0 Å². The van der Waals surface area contributed by atoms with Crippen LogP contribution in [0.15, 0.2) is 18.2 Å². The third-order valence-corrected chi connectivity index (χ3v) is 4.07. The standard InChI is InChI=1S/C15H22N2/c1-2-4-12-9-14(12)17-10-13-6-3-5-11-7-8-16-15(11)13/h3,5-6,12,14,16-17H,2,4,7-10H2,1H3. The Labute approximate surface area is 104 Å². The van der Waals surface area contributed by atoms with Crippen molar-refractivity contribution in [1.82, 2.24) is 5.32 Å². The summed E-state index contributed by atoms with van der Waals surface area (Å²) in [5, 5.41) is 7.21. The summed E-state index contributed by atoms with van der Waals surface area (Å²) in [5.74, 6) is 0.949. The second-order valence-electron chi connectivity index (χ2n) is 5.40.